The van der Waals surface area contributed by atoms with Crippen molar-refractivity contribution in [2.24, 2.45) is 5.92 Å². The maximum atomic E-state index is 12.8. The highest BCUT2D eigenvalue weighted by molar-refractivity contribution is 6.33. The summed E-state index contributed by atoms with van der Waals surface area (Å²) in [4.78, 5) is 19.5. The van der Waals surface area contributed by atoms with Crippen molar-refractivity contribution in [2.75, 3.05) is 18.4 Å². The van der Waals surface area contributed by atoms with Gasteiger partial charge >= 0.3 is 0 Å². The molecule has 0 atom stereocenters. The average Bonchev–Trinajstić information content (AvgIpc) is 3.24. The van der Waals surface area contributed by atoms with Gasteiger partial charge in [0.2, 0.25) is 17.6 Å². The van der Waals surface area contributed by atoms with Gasteiger partial charge in [-0.2, -0.15) is 4.98 Å². The topological polar surface area (TPSA) is 80.5 Å². The molecule has 1 amide bonds. The normalized spacial score (nSPS) is 15.1. The summed E-state index contributed by atoms with van der Waals surface area (Å²) in [5, 5.41) is 7.69. The fourth-order valence-corrected chi connectivity index (χ4v) is 4.00. The monoisotopic (exact) mass is 454 g/mol. The zero-order chi connectivity index (χ0) is 22.5. The molecule has 1 aliphatic rings. The number of carbonyl (C=O) groups excluding carboxylic acids is 1. The van der Waals surface area contributed by atoms with E-state index in [-0.39, 0.29) is 17.9 Å². The van der Waals surface area contributed by atoms with Gasteiger partial charge in [-0.1, -0.05) is 41.0 Å². The number of rotatable bonds is 7. The van der Waals surface area contributed by atoms with Crippen LogP contribution in [0.15, 0.2) is 53.1 Å². The van der Waals surface area contributed by atoms with E-state index in [4.69, 9.17) is 20.9 Å². The Balaban J connectivity index is 1.30. The molecular weight excluding hydrogens is 428 g/mol. The summed E-state index contributed by atoms with van der Waals surface area (Å²) in [7, 11) is 0. The van der Waals surface area contributed by atoms with Gasteiger partial charge < -0.3 is 14.6 Å². The van der Waals surface area contributed by atoms with Gasteiger partial charge in [-0.25, -0.2) is 0 Å². The summed E-state index contributed by atoms with van der Waals surface area (Å²) in [6, 6.07) is 15.0. The first-order chi connectivity index (χ1) is 15.5. The highest BCUT2D eigenvalue weighted by Crippen LogP contribution is 2.28. The highest BCUT2D eigenvalue weighted by Gasteiger charge is 2.26. The summed E-state index contributed by atoms with van der Waals surface area (Å²) in [5.74, 6) is 1.71. The lowest BCUT2D eigenvalue weighted by molar-refractivity contribution is -0.121. The molecule has 0 spiro atoms. The van der Waals surface area contributed by atoms with Crippen molar-refractivity contribution >= 4 is 23.2 Å². The molecule has 7 nitrogen and oxygen atoms in total. The smallest absolute Gasteiger partial charge is 0.241 e. The van der Waals surface area contributed by atoms with Gasteiger partial charge in [-0.15, -0.1) is 0 Å². The second kappa shape index (κ2) is 10.1. The second-order valence-electron chi connectivity index (χ2n) is 8.19. The summed E-state index contributed by atoms with van der Waals surface area (Å²) in [6.45, 7) is 6.05. The van der Waals surface area contributed by atoms with Gasteiger partial charge in [0.1, 0.15) is 5.75 Å². The highest BCUT2D eigenvalue weighted by atomic mass is 35.5. The molecule has 168 valence electrons. The van der Waals surface area contributed by atoms with Crippen LogP contribution in [-0.4, -0.2) is 40.1 Å². The van der Waals surface area contributed by atoms with Crippen molar-refractivity contribution < 1.29 is 14.1 Å². The lowest BCUT2D eigenvalue weighted by atomic mass is 9.96. The van der Waals surface area contributed by atoms with Crippen molar-refractivity contribution in [3.05, 3.63) is 59.4 Å². The Morgan fingerprint density at radius 2 is 1.91 bits per heavy atom. The molecule has 2 aromatic carbocycles. The summed E-state index contributed by atoms with van der Waals surface area (Å²) in [5.41, 5.74) is 1.47. The molecule has 0 aliphatic carbocycles. The number of carbonyl (C=O) groups is 1. The first-order valence-corrected chi connectivity index (χ1v) is 11.2. The Morgan fingerprint density at radius 3 is 2.66 bits per heavy atom. The number of benzene rings is 2. The fraction of sp³-hybridized carbons (Fsp3) is 0.375. The molecule has 32 heavy (non-hydrogen) atoms. The van der Waals surface area contributed by atoms with E-state index >= 15 is 0 Å². The third-order valence-electron chi connectivity index (χ3n) is 5.41. The maximum Gasteiger partial charge on any atom is 0.241 e. The lowest BCUT2D eigenvalue weighted by Crippen LogP contribution is -2.37. The first kappa shape index (κ1) is 22.3. The Labute approximate surface area is 192 Å². The van der Waals surface area contributed by atoms with E-state index in [9.17, 15) is 4.79 Å². The van der Waals surface area contributed by atoms with Crippen LogP contribution >= 0.6 is 11.6 Å². The van der Waals surface area contributed by atoms with Crippen LogP contribution in [0.5, 0.6) is 5.75 Å². The summed E-state index contributed by atoms with van der Waals surface area (Å²) in [6.07, 6.45) is 1.58. The molecule has 1 aliphatic heterocycles. The van der Waals surface area contributed by atoms with Crippen molar-refractivity contribution in [1.82, 2.24) is 15.0 Å². The van der Waals surface area contributed by atoms with E-state index in [1.807, 2.05) is 56.3 Å². The number of anilines is 1. The molecule has 0 radical (unpaired) electrons. The van der Waals surface area contributed by atoms with E-state index < -0.39 is 0 Å². The first-order valence-electron chi connectivity index (χ1n) is 10.9. The van der Waals surface area contributed by atoms with Crippen LogP contribution in [0, 0.1) is 5.92 Å². The Kier molecular flexibility index (Phi) is 7.07. The number of piperidine rings is 1. The molecule has 4 rings (SSSR count). The van der Waals surface area contributed by atoms with E-state index in [1.165, 1.54) is 0 Å². The zero-order valence-electron chi connectivity index (χ0n) is 18.3. The van der Waals surface area contributed by atoms with E-state index in [2.05, 4.69) is 20.4 Å². The third-order valence-corrected chi connectivity index (χ3v) is 5.74. The molecule has 2 heterocycles. The molecule has 3 aromatic rings. The van der Waals surface area contributed by atoms with Gasteiger partial charge in [-0.05, 0) is 64.0 Å². The molecule has 1 fully saturated rings. The Hall–Kier alpha value is -2.90. The van der Waals surface area contributed by atoms with Gasteiger partial charge in [0, 0.05) is 11.5 Å². The van der Waals surface area contributed by atoms with Crippen LogP contribution in [0.3, 0.4) is 0 Å². The average molecular weight is 455 g/mol. The SMILES string of the molecule is CC(C)Oc1ccccc1NC(=O)C1CCN(Cc2nc(-c3ccccc3Cl)no2)CC1. The van der Waals surface area contributed by atoms with Gasteiger partial charge in [0.15, 0.2) is 0 Å². The van der Waals surface area contributed by atoms with Crippen LogP contribution in [0.1, 0.15) is 32.6 Å². The second-order valence-corrected chi connectivity index (χ2v) is 8.60. The minimum Gasteiger partial charge on any atom is -0.489 e. The van der Waals surface area contributed by atoms with Crippen molar-refractivity contribution in [3.8, 4) is 17.1 Å². The largest absolute Gasteiger partial charge is 0.489 e. The van der Waals surface area contributed by atoms with E-state index in [0.717, 1.165) is 31.5 Å². The number of amides is 1. The van der Waals surface area contributed by atoms with Gasteiger partial charge in [0.05, 0.1) is 23.4 Å². The lowest BCUT2D eigenvalue weighted by Gasteiger charge is -2.30. The van der Waals surface area contributed by atoms with Gasteiger partial charge in [-0.3, -0.25) is 9.69 Å². The predicted octanol–water partition coefficient (Wildman–Crippen LogP) is 5.03. The van der Waals surface area contributed by atoms with Gasteiger partial charge in [0.25, 0.3) is 0 Å². The Morgan fingerprint density at radius 1 is 1.19 bits per heavy atom. The minimum absolute atomic E-state index is 0.0308. The van der Waals surface area contributed by atoms with Crippen LogP contribution < -0.4 is 10.1 Å². The number of hydrogen-bond acceptors (Lipinski definition) is 6. The van der Waals surface area contributed by atoms with Crippen LogP contribution in [-0.2, 0) is 11.3 Å². The van der Waals surface area contributed by atoms with E-state index in [0.29, 0.717) is 34.7 Å². The number of nitrogens with one attached hydrogen (secondary N) is 1. The van der Waals surface area contributed by atoms with Crippen LogP contribution in [0.25, 0.3) is 11.4 Å². The third kappa shape index (κ3) is 5.47. The molecule has 0 saturated carbocycles. The fourth-order valence-electron chi connectivity index (χ4n) is 3.78. The minimum atomic E-state index is -0.0419. The molecule has 1 aromatic heterocycles. The van der Waals surface area contributed by atoms with Crippen LogP contribution in [0.2, 0.25) is 5.02 Å². The molecule has 0 unspecified atom stereocenters. The molecule has 0 bridgehead atoms. The Bertz CT molecular complexity index is 1060. The number of likely N-dealkylation sites (tertiary alicyclic amines) is 1. The van der Waals surface area contributed by atoms with Crippen LogP contribution in [0.4, 0.5) is 5.69 Å². The molecule has 1 saturated heterocycles. The van der Waals surface area contributed by atoms with Crippen molar-refractivity contribution in [1.29, 1.82) is 0 Å². The number of aromatic nitrogens is 2. The molecule has 8 heteroatoms. The number of hydrogen-bond donors (Lipinski definition) is 1. The number of ether oxygens (including phenoxy) is 1. The van der Waals surface area contributed by atoms with Crippen molar-refractivity contribution in [2.45, 2.75) is 39.3 Å². The number of halogens is 1. The van der Waals surface area contributed by atoms with Crippen molar-refractivity contribution in [3.63, 3.8) is 0 Å². The number of para-hydroxylation sites is 2. The van der Waals surface area contributed by atoms with E-state index in [1.54, 1.807) is 6.07 Å². The predicted molar refractivity (Wildman–Crippen MR) is 124 cm³/mol. The summed E-state index contributed by atoms with van der Waals surface area (Å²) >= 11 is 6.22. The zero-order valence-corrected chi connectivity index (χ0v) is 19.0. The number of nitrogens with zero attached hydrogens (tertiary/aromatic N) is 3. The molecular formula is C24H27ClN4O3. The summed E-state index contributed by atoms with van der Waals surface area (Å²) < 4.78 is 11.2. The molecule has 1 N–H and O–H groups in total. The standard InChI is InChI=1S/C24H27ClN4O3/c1-16(2)31-21-10-6-5-9-20(21)26-24(30)17-11-13-29(14-12-17)15-22-27-23(28-32-22)18-7-3-4-8-19(18)25/h3-10,16-17H,11-15H2,1-2H3,(H,26,30). The maximum absolute atomic E-state index is 12.8. The quantitative estimate of drug-likeness (QED) is 0.539.